The highest BCUT2D eigenvalue weighted by atomic mass is 16.5. The first-order valence-electron chi connectivity index (χ1n) is 5.93. The normalized spacial score (nSPS) is 13.5. The molecule has 3 rings (SSSR count). The van der Waals surface area contributed by atoms with E-state index in [9.17, 15) is 5.02 Å². The van der Waals surface area contributed by atoms with Gasteiger partial charge in [-0.15, -0.1) is 0 Å². The van der Waals surface area contributed by atoms with Crippen molar-refractivity contribution in [2.24, 2.45) is 0 Å². The third-order valence-electron chi connectivity index (χ3n) is 3.06. The van der Waals surface area contributed by atoms with E-state index in [4.69, 9.17) is 9.39 Å². The van der Waals surface area contributed by atoms with Crippen LogP contribution in [0.25, 0.3) is 0 Å². The molecule has 1 aliphatic rings. The van der Waals surface area contributed by atoms with Crippen molar-refractivity contribution < 1.29 is 14.4 Å². The lowest BCUT2D eigenvalue weighted by atomic mass is 9.79. The molecule has 0 amide bonds. The lowest BCUT2D eigenvalue weighted by Gasteiger charge is -2.10. The highest BCUT2D eigenvalue weighted by molar-refractivity contribution is 6.61. The number of hydrogen-bond donors (Lipinski definition) is 1. The van der Waals surface area contributed by atoms with Gasteiger partial charge in [0.25, 0.3) is 0 Å². The molecule has 3 nitrogen and oxygen atoms in total. The SMILES string of the molecule is OB1OCc2c(OCc3ccccc3)cccc21. The quantitative estimate of drug-likeness (QED) is 0.826. The minimum Gasteiger partial charge on any atom is -0.489 e. The predicted molar refractivity (Wildman–Crippen MR) is 69.6 cm³/mol. The lowest BCUT2D eigenvalue weighted by molar-refractivity contribution is 0.262. The Bertz CT molecular complexity index is 542. The molecule has 1 heterocycles. The number of hydrogen-bond acceptors (Lipinski definition) is 3. The van der Waals surface area contributed by atoms with E-state index in [1.165, 1.54) is 0 Å². The van der Waals surface area contributed by atoms with Gasteiger partial charge in [0.05, 0.1) is 6.61 Å². The molecule has 0 bridgehead atoms. The molecule has 0 saturated carbocycles. The molecular formula is C14H13BO3. The molecular weight excluding hydrogens is 227 g/mol. The van der Waals surface area contributed by atoms with Crippen molar-refractivity contribution in [1.29, 1.82) is 0 Å². The van der Waals surface area contributed by atoms with Crippen LogP contribution in [0.15, 0.2) is 48.5 Å². The van der Waals surface area contributed by atoms with Gasteiger partial charge in [0, 0.05) is 5.56 Å². The molecule has 0 aliphatic carbocycles. The van der Waals surface area contributed by atoms with E-state index >= 15 is 0 Å². The van der Waals surface area contributed by atoms with Crippen molar-refractivity contribution in [3.05, 3.63) is 59.7 Å². The smallest absolute Gasteiger partial charge is 0.489 e. The number of fused-ring (bicyclic) bond motifs is 1. The Kier molecular flexibility index (Phi) is 3.05. The standard InChI is InChI=1S/C14H13BO3/c16-15-13-7-4-8-14(12(13)10-18-15)17-9-11-5-2-1-3-6-11/h1-8,16H,9-10H2. The Morgan fingerprint density at radius 1 is 1.11 bits per heavy atom. The van der Waals surface area contributed by atoms with Crippen LogP contribution < -0.4 is 10.2 Å². The van der Waals surface area contributed by atoms with E-state index in [1.807, 2.05) is 48.5 Å². The van der Waals surface area contributed by atoms with Gasteiger partial charge in [-0.1, -0.05) is 42.5 Å². The van der Waals surface area contributed by atoms with Gasteiger partial charge in [0.2, 0.25) is 0 Å². The molecule has 2 aromatic rings. The van der Waals surface area contributed by atoms with Gasteiger partial charge in [-0.25, -0.2) is 0 Å². The lowest BCUT2D eigenvalue weighted by Crippen LogP contribution is -2.27. The molecule has 0 atom stereocenters. The third kappa shape index (κ3) is 2.12. The minimum absolute atomic E-state index is 0.404. The van der Waals surface area contributed by atoms with Gasteiger partial charge in [-0.05, 0) is 17.1 Å². The summed E-state index contributed by atoms with van der Waals surface area (Å²) in [5, 5.41) is 9.61. The van der Waals surface area contributed by atoms with Gasteiger partial charge >= 0.3 is 7.12 Å². The predicted octanol–water partition coefficient (Wildman–Crippen LogP) is 1.48. The summed E-state index contributed by atoms with van der Waals surface area (Å²) in [6.07, 6.45) is 0. The van der Waals surface area contributed by atoms with Crippen LogP contribution in [-0.4, -0.2) is 12.1 Å². The maximum absolute atomic E-state index is 9.61. The molecule has 0 radical (unpaired) electrons. The average Bonchev–Trinajstić information content (AvgIpc) is 2.80. The van der Waals surface area contributed by atoms with Crippen LogP contribution >= 0.6 is 0 Å². The van der Waals surface area contributed by atoms with Gasteiger partial charge < -0.3 is 14.4 Å². The van der Waals surface area contributed by atoms with E-state index < -0.39 is 7.12 Å². The summed E-state index contributed by atoms with van der Waals surface area (Å²) in [4.78, 5) is 0. The monoisotopic (exact) mass is 240 g/mol. The number of ether oxygens (including phenoxy) is 1. The molecule has 4 heteroatoms. The van der Waals surface area contributed by atoms with Crippen LogP contribution in [0.5, 0.6) is 5.75 Å². The Labute approximate surface area is 106 Å². The van der Waals surface area contributed by atoms with Crippen molar-refractivity contribution in [3.8, 4) is 5.75 Å². The van der Waals surface area contributed by atoms with Crippen molar-refractivity contribution in [2.45, 2.75) is 13.2 Å². The molecule has 0 aromatic heterocycles. The largest absolute Gasteiger partial charge is 0.491 e. The molecule has 2 aromatic carbocycles. The van der Waals surface area contributed by atoms with Crippen LogP contribution in [0.3, 0.4) is 0 Å². The third-order valence-corrected chi connectivity index (χ3v) is 3.06. The van der Waals surface area contributed by atoms with Gasteiger partial charge in [-0.2, -0.15) is 0 Å². The fourth-order valence-corrected chi connectivity index (χ4v) is 2.09. The summed E-state index contributed by atoms with van der Waals surface area (Å²) in [6.45, 7) is 0.925. The van der Waals surface area contributed by atoms with Crippen LogP contribution in [0, 0.1) is 0 Å². The van der Waals surface area contributed by atoms with Crippen LogP contribution in [0.4, 0.5) is 0 Å². The second kappa shape index (κ2) is 4.84. The molecule has 1 N–H and O–H groups in total. The highest BCUT2D eigenvalue weighted by Crippen LogP contribution is 2.22. The Morgan fingerprint density at radius 2 is 1.94 bits per heavy atom. The molecule has 0 spiro atoms. The Hall–Kier alpha value is -1.78. The zero-order valence-corrected chi connectivity index (χ0v) is 9.87. The second-order valence-corrected chi connectivity index (χ2v) is 4.26. The summed E-state index contributed by atoms with van der Waals surface area (Å²) >= 11 is 0. The first-order valence-corrected chi connectivity index (χ1v) is 5.93. The fourth-order valence-electron chi connectivity index (χ4n) is 2.09. The highest BCUT2D eigenvalue weighted by Gasteiger charge is 2.29. The maximum Gasteiger partial charge on any atom is 0.491 e. The zero-order chi connectivity index (χ0) is 12.4. The Morgan fingerprint density at radius 3 is 2.78 bits per heavy atom. The van der Waals surface area contributed by atoms with Crippen LogP contribution in [0.2, 0.25) is 0 Å². The van der Waals surface area contributed by atoms with Gasteiger partial charge in [-0.3, -0.25) is 0 Å². The summed E-state index contributed by atoms with van der Waals surface area (Å²) in [7, 11) is -0.819. The van der Waals surface area contributed by atoms with Gasteiger partial charge in [0.15, 0.2) is 0 Å². The summed E-state index contributed by atoms with van der Waals surface area (Å²) in [5.41, 5.74) is 2.87. The molecule has 1 aliphatic heterocycles. The first kappa shape index (κ1) is 11.3. The van der Waals surface area contributed by atoms with Crippen molar-refractivity contribution in [2.75, 3.05) is 0 Å². The van der Waals surface area contributed by atoms with E-state index in [0.29, 0.717) is 13.2 Å². The summed E-state index contributed by atoms with van der Waals surface area (Å²) in [6, 6.07) is 15.6. The van der Waals surface area contributed by atoms with E-state index in [-0.39, 0.29) is 0 Å². The average molecular weight is 240 g/mol. The van der Waals surface area contributed by atoms with Crippen molar-refractivity contribution >= 4 is 12.6 Å². The first-order chi connectivity index (χ1) is 8.84. The van der Waals surface area contributed by atoms with Crippen LogP contribution in [-0.2, 0) is 17.9 Å². The molecule has 0 unspecified atom stereocenters. The zero-order valence-electron chi connectivity index (χ0n) is 9.87. The van der Waals surface area contributed by atoms with E-state index in [1.54, 1.807) is 0 Å². The topological polar surface area (TPSA) is 38.7 Å². The number of benzene rings is 2. The molecule has 90 valence electrons. The van der Waals surface area contributed by atoms with Crippen LogP contribution in [0.1, 0.15) is 11.1 Å². The van der Waals surface area contributed by atoms with Gasteiger partial charge in [0.1, 0.15) is 12.4 Å². The molecule has 0 saturated heterocycles. The molecule has 0 fully saturated rings. The Balaban J connectivity index is 1.78. The second-order valence-electron chi connectivity index (χ2n) is 4.26. The minimum atomic E-state index is -0.819. The van der Waals surface area contributed by atoms with Crippen molar-refractivity contribution in [3.63, 3.8) is 0 Å². The molecule has 18 heavy (non-hydrogen) atoms. The maximum atomic E-state index is 9.61. The number of rotatable bonds is 3. The van der Waals surface area contributed by atoms with E-state index in [0.717, 1.165) is 22.3 Å². The summed E-state index contributed by atoms with van der Waals surface area (Å²) in [5.74, 6) is 0.785. The van der Waals surface area contributed by atoms with Crippen molar-refractivity contribution in [1.82, 2.24) is 0 Å². The van der Waals surface area contributed by atoms with E-state index in [2.05, 4.69) is 0 Å². The fraction of sp³-hybridized carbons (Fsp3) is 0.143. The summed E-state index contributed by atoms with van der Waals surface area (Å²) < 4.78 is 11.0.